The minimum atomic E-state index is 1.15. The van der Waals surface area contributed by atoms with Gasteiger partial charge in [0.15, 0.2) is 0 Å². The first-order chi connectivity index (χ1) is 4.83. The topological polar surface area (TPSA) is 0 Å². The Hall–Kier alpha value is -0.0500. The van der Waals surface area contributed by atoms with E-state index in [-0.39, 0.29) is 0 Å². The number of hydrogen-bond acceptors (Lipinski definition) is 0. The minimum absolute atomic E-state index is 1.15. The van der Waals surface area contributed by atoms with Crippen molar-refractivity contribution in [2.75, 3.05) is 0 Å². The Morgan fingerprint density at radius 3 is 2.80 bits per heavy atom. The molecule has 0 aromatic heterocycles. The van der Waals surface area contributed by atoms with E-state index < -0.39 is 0 Å². The Morgan fingerprint density at radius 2 is 2.30 bits per heavy atom. The molecule has 0 unspecified atom stereocenters. The van der Waals surface area contributed by atoms with Gasteiger partial charge in [-0.05, 0) is 52.8 Å². The zero-order valence-corrected chi connectivity index (χ0v) is 8.18. The quantitative estimate of drug-likeness (QED) is 0.702. The maximum absolute atomic E-state index is 3.23. The zero-order valence-electron chi connectivity index (χ0n) is 6.02. The summed E-state index contributed by atoms with van der Waals surface area (Å²) in [4.78, 5) is 0. The maximum atomic E-state index is 3.23. The molecule has 0 aliphatic carbocycles. The SMILES string of the molecule is CCCc1[c]cc(I)cc1. The Morgan fingerprint density at radius 1 is 1.50 bits per heavy atom. The van der Waals surface area contributed by atoms with Crippen LogP contribution >= 0.6 is 22.6 Å². The van der Waals surface area contributed by atoms with Crippen LogP contribution < -0.4 is 0 Å². The molecule has 1 rings (SSSR count). The number of aryl methyl sites for hydroxylation is 1. The van der Waals surface area contributed by atoms with E-state index in [0.29, 0.717) is 0 Å². The molecule has 0 amide bonds. The molecule has 0 bridgehead atoms. The summed E-state index contributed by atoms with van der Waals surface area (Å²) in [7, 11) is 0. The second-order valence-corrected chi connectivity index (χ2v) is 3.53. The monoisotopic (exact) mass is 245 g/mol. The van der Waals surface area contributed by atoms with E-state index in [2.05, 4.69) is 47.7 Å². The van der Waals surface area contributed by atoms with Gasteiger partial charge >= 0.3 is 0 Å². The molecule has 1 aromatic carbocycles. The standard InChI is InChI=1S/C9H10I/c1-2-3-8-4-6-9(10)7-5-8/h4,6-7H,2-3H2,1H3. The average molecular weight is 245 g/mol. The largest absolute Gasteiger partial charge is 0.0651 e. The summed E-state index contributed by atoms with van der Waals surface area (Å²) >= 11 is 2.29. The molecule has 0 N–H and O–H groups in total. The lowest BCUT2D eigenvalue weighted by Gasteiger charge is -1.95. The Kier molecular flexibility index (Phi) is 3.19. The fourth-order valence-electron chi connectivity index (χ4n) is 0.863. The van der Waals surface area contributed by atoms with Gasteiger partial charge in [-0.3, -0.25) is 0 Å². The molecule has 0 saturated heterocycles. The van der Waals surface area contributed by atoms with E-state index in [0.717, 1.165) is 6.42 Å². The van der Waals surface area contributed by atoms with Crippen molar-refractivity contribution in [2.24, 2.45) is 0 Å². The van der Waals surface area contributed by atoms with Gasteiger partial charge in [-0.25, -0.2) is 0 Å². The van der Waals surface area contributed by atoms with Gasteiger partial charge in [0.2, 0.25) is 0 Å². The van der Waals surface area contributed by atoms with Gasteiger partial charge in [0, 0.05) is 3.57 Å². The number of benzene rings is 1. The van der Waals surface area contributed by atoms with Crippen LogP contribution in [0.2, 0.25) is 0 Å². The summed E-state index contributed by atoms with van der Waals surface area (Å²) in [5.74, 6) is 0. The third-order valence-corrected chi connectivity index (χ3v) is 2.03. The first-order valence-corrected chi connectivity index (χ1v) is 4.57. The van der Waals surface area contributed by atoms with Crippen molar-refractivity contribution in [2.45, 2.75) is 19.8 Å². The summed E-state index contributed by atoms with van der Waals surface area (Å²) in [6, 6.07) is 9.53. The van der Waals surface area contributed by atoms with Gasteiger partial charge in [-0.2, -0.15) is 0 Å². The van der Waals surface area contributed by atoms with Crippen LogP contribution in [0.1, 0.15) is 18.9 Å². The molecule has 0 nitrogen and oxygen atoms in total. The van der Waals surface area contributed by atoms with Crippen molar-refractivity contribution in [3.05, 3.63) is 33.4 Å². The van der Waals surface area contributed by atoms with Crippen molar-refractivity contribution in [3.8, 4) is 0 Å². The molecule has 0 aliphatic rings. The molecule has 0 atom stereocenters. The van der Waals surface area contributed by atoms with E-state index in [4.69, 9.17) is 0 Å². The molecule has 1 radical (unpaired) electrons. The Balaban J connectivity index is 2.69. The normalized spacial score (nSPS) is 9.80. The summed E-state index contributed by atoms with van der Waals surface area (Å²) in [6.45, 7) is 2.19. The van der Waals surface area contributed by atoms with Gasteiger partial charge in [0.05, 0.1) is 0 Å². The summed E-state index contributed by atoms with van der Waals surface area (Å²) in [5.41, 5.74) is 1.32. The van der Waals surface area contributed by atoms with Crippen LogP contribution in [0.5, 0.6) is 0 Å². The predicted octanol–water partition coefficient (Wildman–Crippen LogP) is 3.04. The molecule has 0 fully saturated rings. The second kappa shape index (κ2) is 3.96. The minimum Gasteiger partial charge on any atom is -0.0651 e. The molecule has 10 heavy (non-hydrogen) atoms. The first-order valence-electron chi connectivity index (χ1n) is 3.49. The van der Waals surface area contributed by atoms with E-state index in [1.54, 1.807) is 0 Å². The van der Waals surface area contributed by atoms with Crippen molar-refractivity contribution in [3.63, 3.8) is 0 Å². The third kappa shape index (κ3) is 2.29. The molecule has 53 valence electrons. The molecule has 1 aromatic rings. The predicted molar refractivity (Wildman–Crippen MR) is 52.0 cm³/mol. The van der Waals surface area contributed by atoms with E-state index in [1.807, 2.05) is 6.07 Å². The van der Waals surface area contributed by atoms with Gasteiger partial charge < -0.3 is 0 Å². The van der Waals surface area contributed by atoms with Gasteiger partial charge in [0.1, 0.15) is 0 Å². The summed E-state index contributed by atoms with van der Waals surface area (Å²) in [6.07, 6.45) is 2.36. The van der Waals surface area contributed by atoms with E-state index in [1.165, 1.54) is 15.6 Å². The van der Waals surface area contributed by atoms with Gasteiger partial charge in [0.25, 0.3) is 0 Å². The Labute approximate surface area is 75.8 Å². The fourth-order valence-corrected chi connectivity index (χ4v) is 1.20. The highest BCUT2D eigenvalue weighted by Gasteiger charge is 1.89. The third-order valence-electron chi connectivity index (χ3n) is 1.36. The highest BCUT2D eigenvalue weighted by Crippen LogP contribution is 2.07. The van der Waals surface area contributed by atoms with Crippen molar-refractivity contribution >= 4 is 22.6 Å². The molecular weight excluding hydrogens is 235 g/mol. The fraction of sp³-hybridized carbons (Fsp3) is 0.333. The average Bonchev–Trinajstić information content (AvgIpc) is 1.95. The lowest BCUT2D eigenvalue weighted by atomic mass is 10.1. The lowest BCUT2D eigenvalue weighted by molar-refractivity contribution is 0.920. The van der Waals surface area contributed by atoms with Gasteiger partial charge in [-0.1, -0.05) is 19.4 Å². The first kappa shape index (κ1) is 8.05. The van der Waals surface area contributed by atoms with Crippen LogP contribution in [0, 0.1) is 9.64 Å². The van der Waals surface area contributed by atoms with Crippen molar-refractivity contribution in [1.29, 1.82) is 0 Å². The van der Waals surface area contributed by atoms with Crippen LogP contribution in [-0.2, 0) is 6.42 Å². The molecule has 0 aliphatic heterocycles. The second-order valence-electron chi connectivity index (χ2n) is 2.28. The maximum Gasteiger partial charge on any atom is 0.0136 e. The summed E-state index contributed by atoms with van der Waals surface area (Å²) < 4.78 is 1.26. The highest BCUT2D eigenvalue weighted by molar-refractivity contribution is 14.1. The number of hydrogen-bond donors (Lipinski definition) is 0. The number of rotatable bonds is 2. The van der Waals surface area contributed by atoms with Crippen LogP contribution in [0.3, 0.4) is 0 Å². The zero-order chi connectivity index (χ0) is 7.40. The molecule has 1 heteroatoms. The van der Waals surface area contributed by atoms with Crippen LogP contribution in [0.15, 0.2) is 18.2 Å². The van der Waals surface area contributed by atoms with Gasteiger partial charge in [-0.15, -0.1) is 0 Å². The lowest BCUT2D eigenvalue weighted by Crippen LogP contribution is -1.82. The van der Waals surface area contributed by atoms with E-state index >= 15 is 0 Å². The summed E-state index contributed by atoms with van der Waals surface area (Å²) in [5, 5.41) is 0. The van der Waals surface area contributed by atoms with Crippen LogP contribution in [-0.4, -0.2) is 0 Å². The van der Waals surface area contributed by atoms with Crippen LogP contribution in [0.4, 0.5) is 0 Å². The molecule has 0 spiro atoms. The molecule has 0 saturated carbocycles. The van der Waals surface area contributed by atoms with E-state index in [9.17, 15) is 0 Å². The smallest absolute Gasteiger partial charge is 0.0136 e. The molecular formula is C9H10I. The van der Waals surface area contributed by atoms with Crippen molar-refractivity contribution in [1.82, 2.24) is 0 Å². The molecule has 0 heterocycles. The number of halogens is 1. The highest BCUT2D eigenvalue weighted by atomic mass is 127. The Bertz CT molecular complexity index is 188. The van der Waals surface area contributed by atoms with Crippen molar-refractivity contribution < 1.29 is 0 Å². The van der Waals surface area contributed by atoms with Crippen LogP contribution in [0.25, 0.3) is 0 Å².